The van der Waals surface area contributed by atoms with Crippen LogP contribution in [-0.4, -0.2) is 40.3 Å². The third kappa shape index (κ3) is 2.31. The second kappa shape index (κ2) is 5.46. The highest BCUT2D eigenvalue weighted by Gasteiger charge is 2.47. The molecule has 3 aromatic rings. The molecule has 0 saturated carbocycles. The van der Waals surface area contributed by atoms with E-state index in [4.69, 9.17) is 4.74 Å². The summed E-state index contributed by atoms with van der Waals surface area (Å²) in [6.45, 7) is 1.03. The van der Waals surface area contributed by atoms with Crippen molar-refractivity contribution < 1.29 is 14.3 Å². The van der Waals surface area contributed by atoms with Gasteiger partial charge in [0, 0.05) is 30.2 Å². The van der Waals surface area contributed by atoms with E-state index in [1.165, 1.54) is 0 Å². The predicted octanol–water partition coefficient (Wildman–Crippen LogP) is 3.42. The Morgan fingerprint density at radius 3 is 2.96 bits per heavy atom. The van der Waals surface area contributed by atoms with Crippen molar-refractivity contribution in [2.75, 3.05) is 13.1 Å². The summed E-state index contributed by atoms with van der Waals surface area (Å²) in [5, 5.41) is 1.08. The molecule has 1 saturated heterocycles. The molecule has 1 atom stereocenters. The Balaban J connectivity index is 1.40. The zero-order chi connectivity index (χ0) is 17.7. The monoisotopic (exact) mass is 346 g/mol. The number of rotatable bonds is 1. The quantitative estimate of drug-likeness (QED) is 0.734. The summed E-state index contributed by atoms with van der Waals surface area (Å²) in [5.41, 5.74) is 1.64. The molecule has 2 aliphatic rings. The lowest BCUT2D eigenvalue weighted by Gasteiger charge is -2.34. The fraction of sp³-hybridized carbons (Fsp3) is 0.238. The molecule has 1 aromatic heterocycles. The molecule has 5 rings (SSSR count). The van der Waals surface area contributed by atoms with E-state index in [0.717, 1.165) is 10.9 Å². The summed E-state index contributed by atoms with van der Waals surface area (Å²) in [4.78, 5) is 30.4. The van der Waals surface area contributed by atoms with E-state index in [9.17, 15) is 9.59 Å². The number of carbonyl (C=O) groups excluding carboxylic acids is 2. The molecular weight excluding hydrogens is 328 g/mol. The minimum atomic E-state index is -0.600. The number of aromatic amines is 1. The first-order valence-electron chi connectivity index (χ1n) is 8.81. The van der Waals surface area contributed by atoms with Gasteiger partial charge in [0.1, 0.15) is 11.4 Å². The highest BCUT2D eigenvalue weighted by Crippen LogP contribution is 2.39. The van der Waals surface area contributed by atoms with Crippen molar-refractivity contribution in [2.45, 2.75) is 18.4 Å². The van der Waals surface area contributed by atoms with E-state index in [2.05, 4.69) is 4.98 Å². The van der Waals surface area contributed by atoms with E-state index >= 15 is 0 Å². The summed E-state index contributed by atoms with van der Waals surface area (Å²) in [6, 6.07) is 15.0. The molecule has 1 unspecified atom stereocenters. The third-order valence-electron chi connectivity index (χ3n) is 5.40. The minimum Gasteiger partial charge on any atom is -0.484 e. The molecule has 2 aliphatic heterocycles. The maximum absolute atomic E-state index is 12.9. The molecule has 5 nitrogen and oxygen atoms in total. The lowest BCUT2D eigenvalue weighted by Crippen LogP contribution is -2.45. The van der Waals surface area contributed by atoms with Crippen LogP contribution in [0.1, 0.15) is 33.6 Å². The van der Waals surface area contributed by atoms with Crippen LogP contribution in [0.2, 0.25) is 0 Å². The largest absolute Gasteiger partial charge is 0.484 e. The number of amides is 1. The van der Waals surface area contributed by atoms with Gasteiger partial charge in [-0.25, -0.2) is 0 Å². The zero-order valence-electron chi connectivity index (χ0n) is 14.2. The van der Waals surface area contributed by atoms with Crippen LogP contribution in [0.5, 0.6) is 5.75 Å². The maximum Gasteiger partial charge on any atom is 0.254 e. The van der Waals surface area contributed by atoms with E-state index in [0.29, 0.717) is 42.8 Å². The summed E-state index contributed by atoms with van der Waals surface area (Å²) < 4.78 is 6.20. The molecule has 5 heteroatoms. The number of ketones is 1. The van der Waals surface area contributed by atoms with E-state index in [1.54, 1.807) is 11.0 Å². The molecule has 0 aliphatic carbocycles. The Kier molecular flexibility index (Phi) is 3.19. The lowest BCUT2D eigenvalue weighted by atomic mass is 9.89. The van der Waals surface area contributed by atoms with Crippen molar-refractivity contribution in [3.63, 3.8) is 0 Å². The number of hydrogen-bond acceptors (Lipinski definition) is 3. The molecule has 3 heterocycles. The summed E-state index contributed by atoms with van der Waals surface area (Å²) in [5.74, 6) is 0.702. The van der Waals surface area contributed by atoms with Crippen LogP contribution in [0, 0.1) is 0 Å². The summed E-state index contributed by atoms with van der Waals surface area (Å²) in [6.07, 6.45) is 2.86. The van der Waals surface area contributed by atoms with Crippen LogP contribution >= 0.6 is 0 Å². The van der Waals surface area contributed by atoms with Gasteiger partial charge in [0.2, 0.25) is 0 Å². The molecule has 26 heavy (non-hydrogen) atoms. The summed E-state index contributed by atoms with van der Waals surface area (Å²) in [7, 11) is 0. The standard InChI is InChI=1S/C21H18N2O3/c24-18-12-21(26-19-4-2-1-3-16(18)19)8-10-23(13-21)20(25)15-6-5-14-7-9-22-17(14)11-15/h1-7,9,11,22H,8,10,12-13H2. The molecule has 130 valence electrons. The van der Waals surface area contributed by atoms with Crippen molar-refractivity contribution >= 4 is 22.6 Å². The number of H-pyrrole nitrogens is 1. The number of likely N-dealkylation sites (tertiary alicyclic amines) is 1. The SMILES string of the molecule is O=C1CC2(CCN(C(=O)c3ccc4cc[nH]c4c3)C2)Oc2ccccc21. The van der Waals surface area contributed by atoms with Crippen LogP contribution in [0.3, 0.4) is 0 Å². The molecule has 0 radical (unpaired) electrons. The number of fused-ring (bicyclic) bond motifs is 2. The van der Waals surface area contributed by atoms with Crippen molar-refractivity contribution in [2.24, 2.45) is 0 Å². The van der Waals surface area contributed by atoms with Gasteiger partial charge in [-0.05, 0) is 35.7 Å². The van der Waals surface area contributed by atoms with Gasteiger partial charge in [0.25, 0.3) is 5.91 Å². The van der Waals surface area contributed by atoms with Crippen LogP contribution < -0.4 is 4.74 Å². The van der Waals surface area contributed by atoms with Gasteiger partial charge in [-0.2, -0.15) is 0 Å². The Hall–Kier alpha value is -3.08. The fourth-order valence-electron chi connectivity index (χ4n) is 4.05. The zero-order valence-corrected chi connectivity index (χ0v) is 14.2. The van der Waals surface area contributed by atoms with E-state index in [1.807, 2.05) is 48.7 Å². The number of Topliss-reactive ketones (excluding diaryl/α,β-unsaturated/α-hetero) is 1. The second-order valence-electron chi connectivity index (χ2n) is 7.14. The number of para-hydroxylation sites is 1. The number of nitrogens with one attached hydrogen (secondary N) is 1. The Bertz CT molecular complexity index is 1040. The summed E-state index contributed by atoms with van der Waals surface area (Å²) >= 11 is 0. The fourth-order valence-corrected chi connectivity index (χ4v) is 4.05. The number of aromatic nitrogens is 1. The number of nitrogens with zero attached hydrogens (tertiary/aromatic N) is 1. The highest BCUT2D eigenvalue weighted by molar-refractivity contribution is 6.01. The first-order valence-corrected chi connectivity index (χ1v) is 8.81. The molecule has 1 amide bonds. The van der Waals surface area contributed by atoms with Crippen LogP contribution in [-0.2, 0) is 0 Å². The molecule has 1 spiro atoms. The average Bonchev–Trinajstić information content (AvgIpc) is 3.27. The van der Waals surface area contributed by atoms with Gasteiger partial charge in [0.05, 0.1) is 18.5 Å². The topological polar surface area (TPSA) is 62.4 Å². The first kappa shape index (κ1) is 15.2. The Morgan fingerprint density at radius 2 is 2.04 bits per heavy atom. The molecule has 1 fully saturated rings. The van der Waals surface area contributed by atoms with Crippen molar-refractivity contribution in [3.05, 3.63) is 65.9 Å². The Morgan fingerprint density at radius 1 is 1.15 bits per heavy atom. The third-order valence-corrected chi connectivity index (χ3v) is 5.40. The van der Waals surface area contributed by atoms with Crippen LogP contribution in [0.25, 0.3) is 10.9 Å². The number of benzene rings is 2. The number of hydrogen-bond donors (Lipinski definition) is 1. The Labute approximate surface area is 150 Å². The lowest BCUT2D eigenvalue weighted by molar-refractivity contribution is 0.0428. The van der Waals surface area contributed by atoms with Crippen molar-refractivity contribution in [1.29, 1.82) is 0 Å². The van der Waals surface area contributed by atoms with Crippen LogP contribution in [0.15, 0.2) is 54.7 Å². The van der Waals surface area contributed by atoms with E-state index < -0.39 is 5.60 Å². The smallest absolute Gasteiger partial charge is 0.254 e. The maximum atomic E-state index is 12.9. The van der Waals surface area contributed by atoms with Gasteiger partial charge in [-0.1, -0.05) is 18.2 Å². The second-order valence-corrected chi connectivity index (χ2v) is 7.14. The van der Waals surface area contributed by atoms with Crippen molar-refractivity contribution in [3.8, 4) is 5.75 Å². The molecule has 1 N–H and O–H groups in total. The molecule has 2 aromatic carbocycles. The van der Waals surface area contributed by atoms with Gasteiger partial charge < -0.3 is 14.6 Å². The van der Waals surface area contributed by atoms with Gasteiger partial charge in [-0.3, -0.25) is 9.59 Å². The van der Waals surface area contributed by atoms with Crippen LogP contribution in [0.4, 0.5) is 0 Å². The molecule has 0 bridgehead atoms. The number of ether oxygens (including phenoxy) is 1. The van der Waals surface area contributed by atoms with Gasteiger partial charge >= 0.3 is 0 Å². The predicted molar refractivity (Wildman–Crippen MR) is 97.6 cm³/mol. The van der Waals surface area contributed by atoms with E-state index in [-0.39, 0.29) is 11.7 Å². The van der Waals surface area contributed by atoms with Gasteiger partial charge in [-0.15, -0.1) is 0 Å². The van der Waals surface area contributed by atoms with Crippen molar-refractivity contribution in [1.82, 2.24) is 9.88 Å². The van der Waals surface area contributed by atoms with Gasteiger partial charge in [0.15, 0.2) is 5.78 Å². The minimum absolute atomic E-state index is 0.0201. The number of carbonyl (C=O) groups is 2. The average molecular weight is 346 g/mol. The normalized spacial score (nSPS) is 21.8. The highest BCUT2D eigenvalue weighted by atomic mass is 16.5. The first-order chi connectivity index (χ1) is 12.6. The molecular formula is C21H18N2O3.